The van der Waals surface area contributed by atoms with Crippen LogP contribution in [0.2, 0.25) is 0 Å². The fourth-order valence-corrected chi connectivity index (χ4v) is 3.06. The van der Waals surface area contributed by atoms with E-state index in [1.54, 1.807) is 0 Å². The molecule has 0 heterocycles. The van der Waals surface area contributed by atoms with E-state index in [9.17, 15) is 0 Å². The third kappa shape index (κ3) is 3.41. The largest absolute Gasteiger partial charge is 0.494 e. The molecule has 2 nitrogen and oxygen atoms in total. The van der Waals surface area contributed by atoms with Gasteiger partial charge in [-0.2, -0.15) is 0 Å². The third-order valence-electron chi connectivity index (χ3n) is 3.22. The van der Waals surface area contributed by atoms with E-state index < -0.39 is 0 Å². The molecule has 0 saturated heterocycles. The summed E-state index contributed by atoms with van der Waals surface area (Å²) in [5.74, 6) is 0.937. The molecule has 3 heteroatoms. The summed E-state index contributed by atoms with van der Waals surface area (Å²) in [6, 6.07) is 14.8. The van der Waals surface area contributed by atoms with Gasteiger partial charge in [0.05, 0.1) is 12.6 Å². The van der Waals surface area contributed by atoms with Crippen molar-refractivity contribution in [1.29, 1.82) is 0 Å². The van der Waals surface area contributed by atoms with E-state index in [4.69, 9.17) is 4.74 Å². The van der Waals surface area contributed by atoms with E-state index in [2.05, 4.69) is 52.4 Å². The maximum atomic E-state index is 5.75. The summed E-state index contributed by atoms with van der Waals surface area (Å²) in [6.07, 6.45) is 0. The van der Waals surface area contributed by atoms with Crippen molar-refractivity contribution >= 4 is 15.9 Å². The first-order chi connectivity index (χ1) is 9.65. The first-order valence-electron chi connectivity index (χ1n) is 6.81. The Morgan fingerprint density at radius 2 is 1.95 bits per heavy atom. The van der Waals surface area contributed by atoms with Gasteiger partial charge < -0.3 is 10.1 Å². The highest BCUT2D eigenvalue weighted by Crippen LogP contribution is 2.31. The lowest BCUT2D eigenvalue weighted by atomic mass is 9.97. The van der Waals surface area contributed by atoms with Gasteiger partial charge in [-0.1, -0.05) is 40.2 Å². The lowest BCUT2D eigenvalue weighted by Crippen LogP contribution is -2.18. The minimum absolute atomic E-state index is 0.119. The Bertz CT molecular complexity index is 563. The molecule has 2 aromatic rings. The predicted molar refractivity (Wildman–Crippen MR) is 87.4 cm³/mol. The number of aryl methyl sites for hydroxylation is 1. The van der Waals surface area contributed by atoms with E-state index in [-0.39, 0.29) is 6.04 Å². The highest BCUT2D eigenvalue weighted by atomic mass is 79.9. The number of halogens is 1. The molecule has 0 aliphatic heterocycles. The molecule has 106 valence electrons. The zero-order chi connectivity index (χ0) is 14.5. The molecular formula is C17H20BrNO. The fraction of sp³-hybridized carbons (Fsp3) is 0.294. The molecular weight excluding hydrogens is 314 g/mol. The van der Waals surface area contributed by atoms with Crippen LogP contribution in [0.3, 0.4) is 0 Å². The number of para-hydroxylation sites is 1. The number of rotatable bonds is 5. The smallest absolute Gasteiger partial charge is 0.124 e. The lowest BCUT2D eigenvalue weighted by molar-refractivity contribution is 0.334. The Morgan fingerprint density at radius 3 is 2.60 bits per heavy atom. The van der Waals surface area contributed by atoms with Crippen LogP contribution < -0.4 is 10.1 Å². The zero-order valence-electron chi connectivity index (χ0n) is 12.1. The lowest BCUT2D eigenvalue weighted by Gasteiger charge is -2.21. The van der Waals surface area contributed by atoms with Crippen molar-refractivity contribution in [3.63, 3.8) is 0 Å². The van der Waals surface area contributed by atoms with Crippen molar-refractivity contribution in [2.75, 3.05) is 13.7 Å². The minimum Gasteiger partial charge on any atom is -0.494 e. The highest BCUT2D eigenvalue weighted by Gasteiger charge is 2.17. The first kappa shape index (κ1) is 15.1. The van der Waals surface area contributed by atoms with Crippen molar-refractivity contribution in [2.45, 2.75) is 19.9 Å². The van der Waals surface area contributed by atoms with E-state index in [1.165, 1.54) is 11.1 Å². The Labute approximate surface area is 129 Å². The van der Waals surface area contributed by atoms with Crippen LogP contribution in [0.25, 0.3) is 0 Å². The Kier molecular flexibility index (Phi) is 5.21. The minimum atomic E-state index is 0.119. The quantitative estimate of drug-likeness (QED) is 0.871. The first-order valence-corrected chi connectivity index (χ1v) is 7.61. The fourth-order valence-electron chi connectivity index (χ4n) is 2.44. The summed E-state index contributed by atoms with van der Waals surface area (Å²) >= 11 is 3.57. The maximum absolute atomic E-state index is 5.75. The number of ether oxygens (including phenoxy) is 1. The van der Waals surface area contributed by atoms with Gasteiger partial charge >= 0.3 is 0 Å². The SMILES string of the molecule is CCOc1ccccc1C(NC)c1cc(C)cc(Br)c1. The van der Waals surface area contributed by atoms with Crippen molar-refractivity contribution in [3.05, 3.63) is 63.6 Å². The molecule has 2 aromatic carbocycles. The third-order valence-corrected chi connectivity index (χ3v) is 3.67. The number of nitrogens with one attached hydrogen (secondary N) is 1. The molecule has 0 amide bonds. The van der Waals surface area contributed by atoms with Crippen molar-refractivity contribution < 1.29 is 4.74 Å². The molecule has 0 aliphatic carbocycles. The van der Waals surface area contributed by atoms with Gasteiger partial charge in [0, 0.05) is 10.0 Å². The normalized spacial score (nSPS) is 12.2. The van der Waals surface area contributed by atoms with Crippen LogP contribution in [0.15, 0.2) is 46.9 Å². The van der Waals surface area contributed by atoms with E-state index >= 15 is 0 Å². The summed E-state index contributed by atoms with van der Waals surface area (Å²) in [6.45, 7) is 4.79. The highest BCUT2D eigenvalue weighted by molar-refractivity contribution is 9.10. The maximum Gasteiger partial charge on any atom is 0.124 e. The van der Waals surface area contributed by atoms with Crippen LogP contribution in [-0.2, 0) is 0 Å². The second-order valence-corrected chi connectivity index (χ2v) is 5.67. The van der Waals surface area contributed by atoms with Crippen LogP contribution in [-0.4, -0.2) is 13.7 Å². The molecule has 2 rings (SSSR count). The predicted octanol–water partition coefficient (Wildman–Crippen LogP) is 4.47. The van der Waals surface area contributed by atoms with Crippen LogP contribution in [0, 0.1) is 6.92 Å². The van der Waals surface area contributed by atoms with Gasteiger partial charge in [-0.3, -0.25) is 0 Å². The molecule has 0 spiro atoms. The van der Waals surface area contributed by atoms with E-state index in [1.807, 2.05) is 32.2 Å². The van der Waals surface area contributed by atoms with Gasteiger partial charge in [-0.25, -0.2) is 0 Å². The molecule has 20 heavy (non-hydrogen) atoms. The van der Waals surface area contributed by atoms with Crippen LogP contribution in [0.4, 0.5) is 0 Å². The summed E-state index contributed by atoms with van der Waals surface area (Å²) in [4.78, 5) is 0. The van der Waals surface area contributed by atoms with Gasteiger partial charge in [0.25, 0.3) is 0 Å². The molecule has 1 unspecified atom stereocenters. The Morgan fingerprint density at radius 1 is 1.20 bits per heavy atom. The topological polar surface area (TPSA) is 21.3 Å². The van der Waals surface area contributed by atoms with Gasteiger partial charge in [0.15, 0.2) is 0 Å². The zero-order valence-corrected chi connectivity index (χ0v) is 13.7. The second-order valence-electron chi connectivity index (χ2n) is 4.75. The van der Waals surface area contributed by atoms with Gasteiger partial charge in [-0.05, 0) is 50.2 Å². The van der Waals surface area contributed by atoms with Crippen LogP contribution in [0.1, 0.15) is 29.7 Å². The van der Waals surface area contributed by atoms with Gasteiger partial charge in [-0.15, -0.1) is 0 Å². The molecule has 0 radical (unpaired) electrons. The van der Waals surface area contributed by atoms with E-state index in [0.717, 1.165) is 15.8 Å². The molecule has 0 aliphatic rings. The van der Waals surface area contributed by atoms with Gasteiger partial charge in [0.2, 0.25) is 0 Å². The Hall–Kier alpha value is -1.32. The molecule has 0 bridgehead atoms. The summed E-state index contributed by atoms with van der Waals surface area (Å²) < 4.78 is 6.85. The average Bonchev–Trinajstić information content (AvgIpc) is 2.41. The van der Waals surface area contributed by atoms with Crippen LogP contribution >= 0.6 is 15.9 Å². The van der Waals surface area contributed by atoms with Gasteiger partial charge in [0.1, 0.15) is 5.75 Å². The molecule has 0 aromatic heterocycles. The van der Waals surface area contributed by atoms with E-state index in [0.29, 0.717) is 6.61 Å². The average molecular weight is 334 g/mol. The summed E-state index contributed by atoms with van der Waals surface area (Å²) in [5.41, 5.74) is 3.63. The van der Waals surface area contributed by atoms with Crippen molar-refractivity contribution in [1.82, 2.24) is 5.32 Å². The molecule has 1 atom stereocenters. The summed E-state index contributed by atoms with van der Waals surface area (Å²) in [5, 5.41) is 3.39. The Balaban J connectivity index is 2.46. The molecule has 1 N–H and O–H groups in total. The monoisotopic (exact) mass is 333 g/mol. The second kappa shape index (κ2) is 6.91. The van der Waals surface area contributed by atoms with Crippen molar-refractivity contribution in [3.8, 4) is 5.75 Å². The number of hydrogen-bond donors (Lipinski definition) is 1. The number of hydrogen-bond acceptors (Lipinski definition) is 2. The molecule has 0 saturated carbocycles. The number of benzene rings is 2. The summed E-state index contributed by atoms with van der Waals surface area (Å²) in [7, 11) is 1.98. The standard InChI is InChI=1S/C17H20BrNO/c1-4-20-16-8-6-5-7-15(16)17(19-3)13-9-12(2)10-14(18)11-13/h5-11,17,19H,4H2,1-3H3. The van der Waals surface area contributed by atoms with Crippen LogP contribution in [0.5, 0.6) is 5.75 Å². The van der Waals surface area contributed by atoms with Crippen molar-refractivity contribution in [2.24, 2.45) is 0 Å². The molecule has 0 fully saturated rings.